The molecule has 3 rings (SSSR count). The van der Waals surface area contributed by atoms with E-state index in [2.05, 4.69) is 58.6 Å². The van der Waals surface area contributed by atoms with Crippen LogP contribution in [0.2, 0.25) is 0 Å². The maximum absolute atomic E-state index is 9.10. The number of nitrogens with zero attached hydrogens (tertiary/aromatic N) is 1. The lowest BCUT2D eigenvalue weighted by molar-refractivity contribution is -0.159. The third-order valence-corrected chi connectivity index (χ3v) is 3.33. The lowest BCUT2D eigenvalue weighted by Gasteiger charge is -2.20. The highest BCUT2D eigenvalue weighted by atomic mass is 16.4. The van der Waals surface area contributed by atoms with Crippen LogP contribution in [0.1, 0.15) is 12.0 Å². The molecule has 0 atom stereocenters. The number of hydrogen-bond acceptors (Lipinski definition) is 3. The summed E-state index contributed by atoms with van der Waals surface area (Å²) in [5.41, 5.74) is 2.45. The minimum atomic E-state index is -1.82. The molecule has 2 heterocycles. The van der Waals surface area contributed by atoms with Crippen LogP contribution < -0.4 is 0 Å². The van der Waals surface area contributed by atoms with E-state index in [9.17, 15) is 0 Å². The summed E-state index contributed by atoms with van der Waals surface area (Å²) in [6, 6.07) is 8.60. The molecule has 0 spiro atoms. The van der Waals surface area contributed by atoms with Gasteiger partial charge in [-0.1, -0.05) is 18.2 Å². The van der Waals surface area contributed by atoms with Gasteiger partial charge in [0.1, 0.15) is 0 Å². The quantitative estimate of drug-likeness (QED) is 0.585. The summed E-state index contributed by atoms with van der Waals surface area (Å²) in [6.07, 6.45) is 12.0. The third kappa shape index (κ3) is 5.03. The summed E-state index contributed by atoms with van der Waals surface area (Å²) in [5, 5.41) is 16.1. The van der Waals surface area contributed by atoms with Crippen LogP contribution in [0.25, 0.3) is 17.0 Å². The molecule has 2 aromatic rings. The van der Waals surface area contributed by atoms with Crippen LogP contribution in [0.15, 0.2) is 48.8 Å². The van der Waals surface area contributed by atoms with Crippen LogP contribution in [-0.2, 0) is 9.59 Å². The van der Waals surface area contributed by atoms with E-state index in [0.717, 1.165) is 19.5 Å². The van der Waals surface area contributed by atoms with E-state index in [1.54, 1.807) is 0 Å². The minimum absolute atomic E-state index is 1.03. The maximum atomic E-state index is 9.10. The molecular weight excluding hydrogens is 296 g/mol. The first-order valence-electron chi connectivity index (χ1n) is 7.17. The predicted molar refractivity (Wildman–Crippen MR) is 87.9 cm³/mol. The van der Waals surface area contributed by atoms with E-state index in [1.807, 2.05) is 6.20 Å². The molecule has 0 saturated heterocycles. The number of rotatable bonds is 2. The molecule has 0 bridgehead atoms. The van der Waals surface area contributed by atoms with E-state index in [1.165, 1.54) is 16.5 Å². The van der Waals surface area contributed by atoms with Crippen molar-refractivity contribution in [2.45, 2.75) is 6.42 Å². The monoisotopic (exact) mass is 314 g/mol. The van der Waals surface area contributed by atoms with E-state index in [0.29, 0.717) is 0 Å². The fourth-order valence-electron chi connectivity index (χ4n) is 2.16. The van der Waals surface area contributed by atoms with E-state index in [4.69, 9.17) is 19.8 Å². The van der Waals surface area contributed by atoms with Gasteiger partial charge in [-0.25, -0.2) is 9.59 Å². The van der Waals surface area contributed by atoms with Gasteiger partial charge in [0.05, 0.1) is 0 Å². The smallest absolute Gasteiger partial charge is 0.414 e. The van der Waals surface area contributed by atoms with Gasteiger partial charge in [0.25, 0.3) is 0 Å². The van der Waals surface area contributed by atoms with Gasteiger partial charge in [0.2, 0.25) is 0 Å². The van der Waals surface area contributed by atoms with Crippen LogP contribution in [0.4, 0.5) is 0 Å². The van der Waals surface area contributed by atoms with Crippen molar-refractivity contribution in [2.24, 2.45) is 0 Å². The molecule has 0 fully saturated rings. The van der Waals surface area contributed by atoms with Gasteiger partial charge < -0.3 is 20.1 Å². The normalized spacial score (nSPS) is 13.8. The zero-order valence-electron chi connectivity index (χ0n) is 12.5. The molecule has 0 radical (unpaired) electrons. The molecule has 0 unspecified atom stereocenters. The van der Waals surface area contributed by atoms with Crippen LogP contribution in [0.5, 0.6) is 0 Å². The van der Waals surface area contributed by atoms with Crippen LogP contribution in [0, 0.1) is 0 Å². The number of nitrogens with one attached hydrogen (secondary N) is 1. The SMILES string of the molecule is C1=CCN(/C=C/c2ccc3[nH]ccc3c2)CC1.O=C(O)C(=O)O. The van der Waals surface area contributed by atoms with Gasteiger partial charge >= 0.3 is 11.9 Å². The van der Waals surface area contributed by atoms with Gasteiger partial charge in [0, 0.05) is 24.8 Å². The standard InChI is InChI=1S/C15H16N2.C2H2O4/c1-2-9-17(10-3-1)11-7-13-4-5-15-14(12-13)6-8-16-15;3-1(4)2(5)6/h1-2,4-8,11-12,16H,3,9-10H2;(H,3,4)(H,5,6)/b11-7+;. The Bertz CT molecular complexity index is 734. The van der Waals surface area contributed by atoms with Gasteiger partial charge in [-0.05, 0) is 47.8 Å². The van der Waals surface area contributed by atoms with Gasteiger partial charge in [-0.3, -0.25) is 0 Å². The highest BCUT2D eigenvalue weighted by Crippen LogP contribution is 2.15. The molecule has 0 amide bonds. The Labute approximate surface area is 133 Å². The van der Waals surface area contributed by atoms with Crippen LogP contribution in [0.3, 0.4) is 0 Å². The average molecular weight is 314 g/mol. The largest absolute Gasteiger partial charge is 0.473 e. The predicted octanol–water partition coefficient (Wildman–Crippen LogP) is 2.56. The minimum Gasteiger partial charge on any atom is -0.473 e. The highest BCUT2D eigenvalue weighted by Gasteiger charge is 2.04. The summed E-state index contributed by atoms with van der Waals surface area (Å²) in [6.45, 7) is 2.16. The molecule has 1 aliphatic heterocycles. The highest BCUT2D eigenvalue weighted by molar-refractivity contribution is 6.27. The first-order valence-corrected chi connectivity index (χ1v) is 7.17. The topological polar surface area (TPSA) is 93.6 Å². The number of carboxylic acids is 2. The molecule has 120 valence electrons. The first-order chi connectivity index (χ1) is 11.1. The van der Waals surface area contributed by atoms with Crippen molar-refractivity contribution in [3.63, 3.8) is 0 Å². The van der Waals surface area contributed by atoms with Crippen molar-refractivity contribution in [2.75, 3.05) is 13.1 Å². The number of benzene rings is 1. The first kappa shape index (κ1) is 16.4. The average Bonchev–Trinajstić information content (AvgIpc) is 3.02. The Balaban J connectivity index is 0.000000277. The van der Waals surface area contributed by atoms with Gasteiger partial charge in [-0.2, -0.15) is 0 Å². The Morgan fingerprint density at radius 1 is 1.13 bits per heavy atom. The number of aromatic nitrogens is 1. The molecule has 1 aromatic heterocycles. The molecule has 3 N–H and O–H groups in total. The number of fused-ring (bicyclic) bond motifs is 1. The van der Waals surface area contributed by atoms with Crippen molar-refractivity contribution in [3.05, 3.63) is 54.4 Å². The number of carbonyl (C=O) groups is 2. The lowest BCUT2D eigenvalue weighted by atomic mass is 10.1. The summed E-state index contributed by atoms with van der Waals surface area (Å²) in [5.74, 6) is -3.65. The second-order valence-corrected chi connectivity index (χ2v) is 5.01. The number of carboxylic acid groups (broad SMARTS) is 2. The molecule has 23 heavy (non-hydrogen) atoms. The zero-order valence-corrected chi connectivity index (χ0v) is 12.5. The van der Waals surface area contributed by atoms with Crippen molar-refractivity contribution in [1.82, 2.24) is 9.88 Å². The van der Waals surface area contributed by atoms with Crippen LogP contribution in [-0.4, -0.2) is 45.1 Å². The van der Waals surface area contributed by atoms with Crippen molar-refractivity contribution in [1.29, 1.82) is 0 Å². The Morgan fingerprint density at radius 2 is 1.91 bits per heavy atom. The van der Waals surface area contributed by atoms with Gasteiger partial charge in [-0.15, -0.1) is 0 Å². The van der Waals surface area contributed by atoms with Crippen LogP contribution >= 0.6 is 0 Å². The number of aliphatic carboxylic acids is 2. The number of hydrogen-bond donors (Lipinski definition) is 3. The van der Waals surface area contributed by atoms with Crippen molar-refractivity contribution < 1.29 is 19.8 Å². The molecule has 0 aliphatic carbocycles. The Morgan fingerprint density at radius 3 is 2.57 bits per heavy atom. The summed E-state index contributed by atoms with van der Waals surface area (Å²) < 4.78 is 0. The fourth-order valence-corrected chi connectivity index (χ4v) is 2.16. The molecule has 1 aromatic carbocycles. The lowest BCUT2D eigenvalue weighted by Crippen LogP contribution is -2.20. The molecule has 0 saturated carbocycles. The van der Waals surface area contributed by atoms with E-state index in [-0.39, 0.29) is 0 Å². The maximum Gasteiger partial charge on any atom is 0.414 e. The second kappa shape index (κ2) is 7.84. The van der Waals surface area contributed by atoms with Gasteiger partial charge in [0.15, 0.2) is 0 Å². The van der Waals surface area contributed by atoms with E-state index < -0.39 is 11.9 Å². The van der Waals surface area contributed by atoms with E-state index >= 15 is 0 Å². The molecule has 1 aliphatic rings. The number of aromatic amines is 1. The fraction of sp³-hybridized carbons (Fsp3) is 0.176. The summed E-state index contributed by atoms with van der Waals surface area (Å²) in [4.78, 5) is 23.7. The molecule has 6 nitrogen and oxygen atoms in total. The zero-order chi connectivity index (χ0) is 16.7. The second-order valence-electron chi connectivity index (χ2n) is 5.01. The summed E-state index contributed by atoms with van der Waals surface area (Å²) in [7, 11) is 0. The molecular formula is C17H18N2O4. The Hall–Kier alpha value is -3.02. The van der Waals surface area contributed by atoms with Crippen molar-refractivity contribution >= 4 is 28.9 Å². The number of H-pyrrole nitrogens is 1. The molecule has 6 heteroatoms. The Kier molecular flexibility index (Phi) is 5.57. The van der Waals surface area contributed by atoms with Crippen molar-refractivity contribution in [3.8, 4) is 0 Å². The summed E-state index contributed by atoms with van der Waals surface area (Å²) >= 11 is 0. The third-order valence-electron chi connectivity index (χ3n) is 3.33.